The van der Waals surface area contributed by atoms with Gasteiger partial charge in [0.1, 0.15) is 5.75 Å². The highest BCUT2D eigenvalue weighted by molar-refractivity contribution is 7.10. The maximum Gasteiger partial charge on any atom is 0.261 e. The highest BCUT2D eigenvalue weighted by atomic mass is 32.1. The molecule has 1 aliphatic rings. The molecule has 0 saturated carbocycles. The molecule has 2 aromatic carbocycles. The summed E-state index contributed by atoms with van der Waals surface area (Å²) in [6.45, 7) is 0.781. The van der Waals surface area contributed by atoms with Crippen molar-refractivity contribution in [2.24, 2.45) is 0 Å². The summed E-state index contributed by atoms with van der Waals surface area (Å²) in [6.07, 6.45) is 2.02. The van der Waals surface area contributed by atoms with Crippen LogP contribution in [0.1, 0.15) is 39.7 Å². The number of benzene rings is 2. The predicted octanol–water partition coefficient (Wildman–Crippen LogP) is 4.72. The van der Waals surface area contributed by atoms with Crippen LogP contribution in [0.15, 0.2) is 72.1 Å². The van der Waals surface area contributed by atoms with Crippen molar-refractivity contribution in [1.82, 2.24) is 4.90 Å². The molecule has 142 valence electrons. The number of hydrogen-bond acceptors (Lipinski definition) is 4. The van der Waals surface area contributed by atoms with E-state index in [4.69, 9.17) is 4.74 Å². The number of ether oxygens (including phenoxy) is 1. The zero-order chi connectivity index (χ0) is 19.3. The molecule has 1 amide bonds. The molecule has 0 spiro atoms. The van der Waals surface area contributed by atoms with E-state index < -0.39 is 0 Å². The van der Waals surface area contributed by atoms with Crippen molar-refractivity contribution in [2.45, 2.75) is 18.9 Å². The summed E-state index contributed by atoms with van der Waals surface area (Å²) >= 11 is 1.69. The smallest absolute Gasteiger partial charge is 0.261 e. The molecule has 4 nitrogen and oxygen atoms in total. The Morgan fingerprint density at radius 3 is 2.43 bits per heavy atom. The second-order valence-corrected chi connectivity index (χ2v) is 7.75. The van der Waals surface area contributed by atoms with Gasteiger partial charge in [0.2, 0.25) is 0 Å². The molecule has 3 aromatic rings. The first kappa shape index (κ1) is 18.4. The number of thiophene rings is 1. The fourth-order valence-corrected chi connectivity index (χ4v) is 4.40. The number of carbonyl (C=O) groups is 2. The second kappa shape index (κ2) is 8.40. The van der Waals surface area contributed by atoms with Crippen molar-refractivity contribution in [3.63, 3.8) is 0 Å². The van der Waals surface area contributed by atoms with E-state index in [1.165, 1.54) is 4.88 Å². The van der Waals surface area contributed by atoms with Crippen LogP contribution in [0.5, 0.6) is 5.75 Å². The standard InChI is InChI=1S/C23H21NO3S/c25-22(24-14-4-8-20(24)21-9-5-15-28-21)16-27-19-12-10-18(11-13-19)23(26)17-6-2-1-3-7-17/h1-3,5-7,9-13,15,20H,4,8,14,16H2/t20-/m0/s1. The molecule has 5 heteroatoms. The zero-order valence-corrected chi connectivity index (χ0v) is 16.2. The van der Waals surface area contributed by atoms with Crippen LogP contribution in [0.3, 0.4) is 0 Å². The lowest BCUT2D eigenvalue weighted by molar-refractivity contribution is -0.134. The van der Waals surface area contributed by atoms with E-state index in [1.807, 2.05) is 34.5 Å². The average Bonchev–Trinajstić information content (AvgIpc) is 3.44. The number of carbonyl (C=O) groups excluding carboxylic acids is 2. The van der Waals surface area contributed by atoms with Gasteiger partial charge < -0.3 is 9.64 Å². The van der Waals surface area contributed by atoms with Gasteiger partial charge in [0.15, 0.2) is 12.4 Å². The lowest BCUT2D eigenvalue weighted by Crippen LogP contribution is -2.34. The van der Waals surface area contributed by atoms with Crippen molar-refractivity contribution >= 4 is 23.0 Å². The molecular weight excluding hydrogens is 370 g/mol. The van der Waals surface area contributed by atoms with Gasteiger partial charge in [-0.2, -0.15) is 0 Å². The Balaban J connectivity index is 1.36. The summed E-state index contributed by atoms with van der Waals surface area (Å²) < 4.78 is 5.69. The molecule has 1 fully saturated rings. The largest absolute Gasteiger partial charge is 0.484 e. The summed E-state index contributed by atoms with van der Waals surface area (Å²) in [5.74, 6) is 0.559. The van der Waals surface area contributed by atoms with Crippen LogP contribution in [0.25, 0.3) is 0 Å². The Kier molecular flexibility index (Phi) is 5.53. The third-order valence-electron chi connectivity index (χ3n) is 4.96. The molecule has 0 N–H and O–H groups in total. The van der Waals surface area contributed by atoms with Crippen LogP contribution >= 0.6 is 11.3 Å². The Bertz CT molecular complexity index is 936. The van der Waals surface area contributed by atoms with E-state index in [2.05, 4.69) is 6.07 Å². The summed E-state index contributed by atoms with van der Waals surface area (Å²) in [6, 6.07) is 20.4. The first-order chi connectivity index (χ1) is 13.7. The van der Waals surface area contributed by atoms with Crippen molar-refractivity contribution in [1.29, 1.82) is 0 Å². The predicted molar refractivity (Wildman–Crippen MR) is 110 cm³/mol. The molecule has 0 unspecified atom stereocenters. The summed E-state index contributed by atoms with van der Waals surface area (Å²) in [5, 5.41) is 2.05. The second-order valence-electron chi connectivity index (χ2n) is 6.77. The Labute approximate surface area is 168 Å². The number of hydrogen-bond donors (Lipinski definition) is 0. The van der Waals surface area contributed by atoms with E-state index in [0.29, 0.717) is 16.9 Å². The molecule has 0 bridgehead atoms. The lowest BCUT2D eigenvalue weighted by atomic mass is 10.0. The van der Waals surface area contributed by atoms with Gasteiger partial charge in [-0.25, -0.2) is 0 Å². The van der Waals surface area contributed by atoms with Crippen LogP contribution in [-0.2, 0) is 4.79 Å². The third-order valence-corrected chi connectivity index (χ3v) is 5.93. The van der Waals surface area contributed by atoms with Crippen LogP contribution < -0.4 is 4.74 Å². The monoisotopic (exact) mass is 391 g/mol. The molecule has 1 saturated heterocycles. The van der Waals surface area contributed by atoms with Crippen molar-refractivity contribution in [3.05, 3.63) is 88.1 Å². The molecule has 0 aliphatic carbocycles. The number of nitrogens with zero attached hydrogens (tertiary/aromatic N) is 1. The first-order valence-electron chi connectivity index (χ1n) is 9.38. The van der Waals surface area contributed by atoms with Crippen molar-refractivity contribution in [2.75, 3.05) is 13.2 Å². The minimum Gasteiger partial charge on any atom is -0.484 e. The normalized spacial score (nSPS) is 16.1. The van der Waals surface area contributed by atoms with Crippen molar-refractivity contribution < 1.29 is 14.3 Å². The zero-order valence-electron chi connectivity index (χ0n) is 15.4. The maximum absolute atomic E-state index is 12.6. The van der Waals surface area contributed by atoms with E-state index in [9.17, 15) is 9.59 Å². The van der Waals surface area contributed by atoms with Gasteiger partial charge >= 0.3 is 0 Å². The molecule has 0 radical (unpaired) electrons. The minimum absolute atomic E-state index is 0.000313. The Morgan fingerprint density at radius 2 is 1.71 bits per heavy atom. The minimum atomic E-state index is -0.0286. The molecule has 4 rings (SSSR count). The number of ketones is 1. The van der Waals surface area contributed by atoms with Gasteiger partial charge in [-0.15, -0.1) is 11.3 Å². The van der Waals surface area contributed by atoms with Crippen LogP contribution in [0.2, 0.25) is 0 Å². The van der Waals surface area contributed by atoms with Gasteiger partial charge in [-0.3, -0.25) is 9.59 Å². The van der Waals surface area contributed by atoms with Gasteiger partial charge in [0, 0.05) is 22.5 Å². The van der Waals surface area contributed by atoms with Crippen molar-refractivity contribution in [3.8, 4) is 5.75 Å². The fraction of sp³-hybridized carbons (Fsp3) is 0.217. The van der Waals surface area contributed by atoms with Gasteiger partial charge in [-0.05, 0) is 48.6 Å². The topological polar surface area (TPSA) is 46.6 Å². The highest BCUT2D eigenvalue weighted by Gasteiger charge is 2.30. The van der Waals surface area contributed by atoms with Gasteiger partial charge in [-0.1, -0.05) is 36.4 Å². The molecule has 1 atom stereocenters. The third kappa shape index (κ3) is 3.99. The summed E-state index contributed by atoms with van der Waals surface area (Å²) in [7, 11) is 0. The maximum atomic E-state index is 12.6. The van der Waals surface area contributed by atoms with E-state index in [-0.39, 0.29) is 24.3 Å². The van der Waals surface area contributed by atoms with Crippen LogP contribution in [0, 0.1) is 0 Å². The molecule has 1 aromatic heterocycles. The molecule has 1 aliphatic heterocycles. The van der Waals surface area contributed by atoms with E-state index in [1.54, 1.807) is 47.7 Å². The molecule has 2 heterocycles. The Hall–Kier alpha value is -2.92. The highest BCUT2D eigenvalue weighted by Crippen LogP contribution is 2.34. The average molecular weight is 391 g/mol. The van der Waals surface area contributed by atoms with Gasteiger partial charge in [0.05, 0.1) is 6.04 Å². The fourth-order valence-electron chi connectivity index (χ4n) is 3.53. The Morgan fingerprint density at radius 1 is 0.964 bits per heavy atom. The molecular formula is C23H21NO3S. The molecule has 28 heavy (non-hydrogen) atoms. The van der Waals surface area contributed by atoms with E-state index >= 15 is 0 Å². The summed E-state index contributed by atoms with van der Waals surface area (Å²) in [4.78, 5) is 28.2. The summed E-state index contributed by atoms with van der Waals surface area (Å²) in [5.41, 5.74) is 1.25. The first-order valence-corrected chi connectivity index (χ1v) is 10.3. The lowest BCUT2D eigenvalue weighted by Gasteiger charge is -2.24. The van der Waals surface area contributed by atoms with Gasteiger partial charge in [0.25, 0.3) is 5.91 Å². The number of likely N-dealkylation sites (tertiary alicyclic amines) is 1. The van der Waals surface area contributed by atoms with Crippen LogP contribution in [-0.4, -0.2) is 29.7 Å². The number of rotatable bonds is 6. The quantitative estimate of drug-likeness (QED) is 0.571. The van der Waals surface area contributed by atoms with Crippen LogP contribution in [0.4, 0.5) is 0 Å². The number of amides is 1. The van der Waals surface area contributed by atoms with E-state index in [0.717, 1.165) is 19.4 Å². The SMILES string of the molecule is O=C(c1ccccc1)c1ccc(OCC(=O)N2CCC[C@H]2c2cccs2)cc1.